The van der Waals surface area contributed by atoms with Crippen molar-refractivity contribution in [3.63, 3.8) is 0 Å². The minimum atomic E-state index is 0.367. The highest BCUT2D eigenvalue weighted by Gasteiger charge is 2.64. The van der Waals surface area contributed by atoms with Gasteiger partial charge in [0.1, 0.15) is 0 Å². The minimum absolute atomic E-state index is 0.367. The molecule has 1 N–H and O–H groups in total. The van der Waals surface area contributed by atoms with Crippen LogP contribution >= 0.6 is 27.5 Å². The van der Waals surface area contributed by atoms with E-state index >= 15 is 0 Å². The maximum absolute atomic E-state index is 6.18. The number of rotatable bonds is 3. The van der Waals surface area contributed by atoms with Crippen LogP contribution < -0.4 is 5.32 Å². The van der Waals surface area contributed by atoms with Gasteiger partial charge in [-0.3, -0.25) is 0 Å². The Morgan fingerprint density at radius 2 is 1.82 bits per heavy atom. The van der Waals surface area contributed by atoms with Crippen LogP contribution in [0.1, 0.15) is 33.3 Å². The number of nitrogens with one attached hydrogen (secondary N) is 1. The fourth-order valence-corrected chi connectivity index (χ4v) is 3.19. The lowest BCUT2D eigenvalue weighted by Crippen LogP contribution is -2.21. The highest BCUT2D eigenvalue weighted by atomic mass is 79.9. The van der Waals surface area contributed by atoms with E-state index in [4.69, 9.17) is 11.6 Å². The molecule has 1 fully saturated rings. The van der Waals surface area contributed by atoms with Crippen molar-refractivity contribution in [3.8, 4) is 0 Å². The Hall–Kier alpha value is -0.0500. The van der Waals surface area contributed by atoms with Gasteiger partial charge in [-0.15, -0.1) is 0 Å². The van der Waals surface area contributed by atoms with Gasteiger partial charge in [-0.1, -0.05) is 55.2 Å². The van der Waals surface area contributed by atoms with Crippen molar-refractivity contribution in [1.29, 1.82) is 0 Å². The predicted molar refractivity (Wildman–Crippen MR) is 77.3 cm³/mol. The Balaban J connectivity index is 2.03. The Kier molecular flexibility index (Phi) is 3.35. The van der Waals surface area contributed by atoms with Crippen molar-refractivity contribution >= 4 is 27.5 Å². The standard InChI is InChI=1S/C14H19BrClN/c1-13(2)12(14(13,3)4)17-8-9-7-10(15)5-6-11(9)16/h5-7,12,17H,8H2,1-4H3. The lowest BCUT2D eigenvalue weighted by atomic mass is 10.0. The van der Waals surface area contributed by atoms with Crippen LogP contribution in [-0.4, -0.2) is 6.04 Å². The molecule has 0 aliphatic heterocycles. The molecule has 0 saturated heterocycles. The fourth-order valence-electron chi connectivity index (χ4n) is 2.60. The van der Waals surface area contributed by atoms with Crippen LogP contribution in [0, 0.1) is 10.8 Å². The highest BCUT2D eigenvalue weighted by Crippen LogP contribution is 2.62. The zero-order chi connectivity index (χ0) is 12.8. The number of hydrogen-bond donors (Lipinski definition) is 1. The van der Waals surface area contributed by atoms with E-state index < -0.39 is 0 Å². The van der Waals surface area contributed by atoms with Gasteiger partial charge in [-0.2, -0.15) is 0 Å². The van der Waals surface area contributed by atoms with Crippen LogP contribution in [0.5, 0.6) is 0 Å². The monoisotopic (exact) mass is 315 g/mol. The van der Waals surface area contributed by atoms with Gasteiger partial charge in [0.2, 0.25) is 0 Å². The van der Waals surface area contributed by atoms with Crippen LogP contribution in [0.15, 0.2) is 22.7 Å². The molecule has 2 rings (SSSR count). The molecule has 1 aromatic carbocycles. The molecule has 1 aliphatic rings. The summed E-state index contributed by atoms with van der Waals surface area (Å²) in [5.41, 5.74) is 1.89. The number of halogens is 2. The van der Waals surface area contributed by atoms with Gasteiger partial charge in [-0.05, 0) is 34.6 Å². The fraction of sp³-hybridized carbons (Fsp3) is 0.571. The first-order chi connectivity index (χ1) is 7.76. The Bertz CT molecular complexity index is 426. The number of benzene rings is 1. The number of hydrogen-bond acceptors (Lipinski definition) is 1. The van der Waals surface area contributed by atoms with Gasteiger partial charge < -0.3 is 5.32 Å². The van der Waals surface area contributed by atoms with E-state index in [1.165, 1.54) is 0 Å². The third-order valence-electron chi connectivity index (χ3n) is 4.53. The molecular weight excluding hydrogens is 298 g/mol. The van der Waals surface area contributed by atoms with Crippen molar-refractivity contribution in [3.05, 3.63) is 33.3 Å². The molecule has 0 heterocycles. The molecule has 1 aromatic rings. The molecule has 0 amide bonds. The zero-order valence-corrected chi connectivity index (χ0v) is 13.1. The third-order valence-corrected chi connectivity index (χ3v) is 5.39. The summed E-state index contributed by atoms with van der Waals surface area (Å²) in [6, 6.07) is 6.55. The maximum Gasteiger partial charge on any atom is 0.0451 e. The van der Waals surface area contributed by atoms with E-state index in [9.17, 15) is 0 Å². The first-order valence-corrected chi connectivity index (χ1v) is 7.11. The van der Waals surface area contributed by atoms with Crippen LogP contribution in [0.2, 0.25) is 5.02 Å². The summed E-state index contributed by atoms with van der Waals surface area (Å²) in [5.74, 6) is 0. The summed E-state index contributed by atoms with van der Waals surface area (Å²) in [6.45, 7) is 10.1. The molecule has 3 heteroatoms. The van der Waals surface area contributed by atoms with Crippen molar-refractivity contribution in [2.45, 2.75) is 40.3 Å². The molecule has 1 aliphatic carbocycles. The lowest BCUT2D eigenvalue weighted by molar-refractivity contribution is 0.457. The molecule has 0 spiro atoms. The molecule has 94 valence electrons. The largest absolute Gasteiger partial charge is 0.309 e. The Morgan fingerprint density at radius 3 is 2.35 bits per heavy atom. The van der Waals surface area contributed by atoms with Crippen LogP contribution in [0.4, 0.5) is 0 Å². The normalized spacial score (nSPS) is 21.5. The molecule has 1 nitrogen and oxygen atoms in total. The molecular formula is C14H19BrClN. The summed E-state index contributed by atoms with van der Waals surface area (Å²) in [5, 5.41) is 4.45. The first kappa shape index (κ1) is 13.4. The molecule has 0 bridgehead atoms. The summed E-state index contributed by atoms with van der Waals surface area (Å²) in [4.78, 5) is 0. The summed E-state index contributed by atoms with van der Waals surface area (Å²) in [6.07, 6.45) is 0. The second-order valence-corrected chi connectivity index (χ2v) is 7.32. The lowest BCUT2D eigenvalue weighted by Gasteiger charge is -2.08. The van der Waals surface area contributed by atoms with Gasteiger partial charge in [-0.25, -0.2) is 0 Å². The molecule has 0 aromatic heterocycles. The van der Waals surface area contributed by atoms with Crippen molar-refractivity contribution < 1.29 is 0 Å². The quantitative estimate of drug-likeness (QED) is 0.857. The van der Waals surface area contributed by atoms with E-state index in [0.717, 1.165) is 21.6 Å². The van der Waals surface area contributed by atoms with Gasteiger partial charge >= 0.3 is 0 Å². The van der Waals surface area contributed by atoms with Crippen LogP contribution in [-0.2, 0) is 6.54 Å². The Morgan fingerprint density at radius 1 is 1.24 bits per heavy atom. The van der Waals surface area contributed by atoms with Crippen LogP contribution in [0.3, 0.4) is 0 Å². The van der Waals surface area contributed by atoms with E-state index in [0.29, 0.717) is 16.9 Å². The third kappa shape index (κ3) is 2.27. The average Bonchev–Trinajstić information content (AvgIpc) is 2.60. The van der Waals surface area contributed by atoms with E-state index in [1.807, 2.05) is 12.1 Å². The highest BCUT2D eigenvalue weighted by molar-refractivity contribution is 9.10. The van der Waals surface area contributed by atoms with Crippen molar-refractivity contribution in [2.24, 2.45) is 10.8 Å². The smallest absolute Gasteiger partial charge is 0.0451 e. The summed E-state index contributed by atoms with van der Waals surface area (Å²) >= 11 is 9.66. The second-order valence-electron chi connectivity index (χ2n) is 5.99. The Labute approximate surface area is 117 Å². The zero-order valence-electron chi connectivity index (χ0n) is 10.8. The van der Waals surface area contributed by atoms with Gasteiger partial charge in [0, 0.05) is 22.1 Å². The van der Waals surface area contributed by atoms with E-state index in [-0.39, 0.29) is 0 Å². The summed E-state index contributed by atoms with van der Waals surface area (Å²) < 4.78 is 1.08. The molecule has 1 saturated carbocycles. The predicted octanol–water partition coefficient (Wildman–Crippen LogP) is 4.63. The summed E-state index contributed by atoms with van der Waals surface area (Å²) in [7, 11) is 0. The average molecular weight is 317 g/mol. The van der Waals surface area contributed by atoms with Gasteiger partial charge in [0.05, 0.1) is 0 Å². The molecule has 0 unspecified atom stereocenters. The van der Waals surface area contributed by atoms with E-state index in [2.05, 4.69) is 55.0 Å². The molecule has 17 heavy (non-hydrogen) atoms. The van der Waals surface area contributed by atoms with E-state index in [1.54, 1.807) is 0 Å². The maximum atomic E-state index is 6.18. The van der Waals surface area contributed by atoms with Crippen molar-refractivity contribution in [2.75, 3.05) is 0 Å². The van der Waals surface area contributed by atoms with Crippen molar-refractivity contribution in [1.82, 2.24) is 5.32 Å². The first-order valence-electron chi connectivity index (χ1n) is 5.94. The topological polar surface area (TPSA) is 12.0 Å². The second kappa shape index (κ2) is 4.25. The SMILES string of the molecule is CC1(C)C(NCc2cc(Br)ccc2Cl)C1(C)C. The molecule has 0 atom stereocenters. The van der Waals surface area contributed by atoms with Crippen LogP contribution in [0.25, 0.3) is 0 Å². The minimum Gasteiger partial charge on any atom is -0.309 e. The van der Waals surface area contributed by atoms with Gasteiger partial charge in [0.15, 0.2) is 0 Å². The van der Waals surface area contributed by atoms with Gasteiger partial charge in [0.25, 0.3) is 0 Å². The molecule has 0 radical (unpaired) electrons.